The van der Waals surface area contributed by atoms with E-state index in [1.54, 1.807) is 12.1 Å². The van der Waals surface area contributed by atoms with Crippen molar-refractivity contribution in [2.75, 3.05) is 5.32 Å². The third kappa shape index (κ3) is 3.19. The molecule has 2 aromatic carbocycles. The van der Waals surface area contributed by atoms with Crippen molar-refractivity contribution in [2.45, 2.75) is 13.3 Å². The number of halogens is 5. The molecule has 0 radical (unpaired) electrons. The van der Waals surface area contributed by atoms with Gasteiger partial charge in [0.1, 0.15) is 0 Å². The number of nitrogens with one attached hydrogen (secondary N) is 1. The van der Waals surface area contributed by atoms with Gasteiger partial charge >= 0.3 is 0 Å². The van der Waals surface area contributed by atoms with Crippen LogP contribution in [-0.4, -0.2) is 10.9 Å². The summed E-state index contributed by atoms with van der Waals surface area (Å²) < 4.78 is 67.3. The maximum Gasteiger partial charge on any atom is 0.229 e. The van der Waals surface area contributed by atoms with E-state index in [0.29, 0.717) is 5.69 Å². The minimum Gasteiger partial charge on any atom is -0.326 e. The van der Waals surface area contributed by atoms with E-state index in [2.05, 4.69) is 10.3 Å². The third-order valence-corrected chi connectivity index (χ3v) is 4.35. The number of aryl methyl sites for hydroxylation is 1. The van der Waals surface area contributed by atoms with Crippen molar-refractivity contribution >= 4 is 33.1 Å². The minimum atomic E-state index is -2.26. The van der Waals surface area contributed by atoms with Gasteiger partial charge in [-0.15, -0.1) is 11.3 Å². The normalized spacial score (nSPS) is 11.1. The van der Waals surface area contributed by atoms with Crippen LogP contribution >= 0.6 is 11.3 Å². The van der Waals surface area contributed by atoms with Gasteiger partial charge in [0.05, 0.1) is 21.6 Å². The first kappa shape index (κ1) is 17.3. The number of carbonyl (C=O) groups excluding carboxylic acids is 1. The molecule has 0 aliphatic rings. The van der Waals surface area contributed by atoms with Crippen LogP contribution in [0.15, 0.2) is 18.2 Å². The number of nitrogens with zero attached hydrogens (tertiary/aromatic N) is 1. The minimum absolute atomic E-state index is 0.324. The monoisotopic (exact) mass is 372 g/mol. The number of fused-ring (bicyclic) bond motifs is 1. The highest BCUT2D eigenvalue weighted by molar-refractivity contribution is 7.18. The Bertz CT molecular complexity index is 973. The molecule has 3 aromatic rings. The predicted molar refractivity (Wildman–Crippen MR) is 82.9 cm³/mol. The largest absolute Gasteiger partial charge is 0.326 e. The van der Waals surface area contributed by atoms with E-state index in [0.717, 1.165) is 15.2 Å². The second-order valence-corrected chi connectivity index (χ2v) is 6.42. The van der Waals surface area contributed by atoms with Crippen LogP contribution < -0.4 is 5.32 Å². The zero-order chi connectivity index (χ0) is 18.3. The van der Waals surface area contributed by atoms with Gasteiger partial charge in [-0.05, 0) is 25.1 Å². The molecule has 1 aromatic heterocycles. The number of rotatable bonds is 3. The first-order chi connectivity index (χ1) is 11.8. The summed E-state index contributed by atoms with van der Waals surface area (Å²) in [7, 11) is 0. The van der Waals surface area contributed by atoms with Crippen LogP contribution in [0.25, 0.3) is 10.2 Å². The number of thiazole rings is 1. The molecule has 0 spiro atoms. The van der Waals surface area contributed by atoms with E-state index in [1.165, 1.54) is 17.4 Å². The molecule has 0 bridgehead atoms. The van der Waals surface area contributed by atoms with Gasteiger partial charge in [0.15, 0.2) is 23.3 Å². The van der Waals surface area contributed by atoms with Gasteiger partial charge in [-0.2, -0.15) is 0 Å². The van der Waals surface area contributed by atoms with Crippen LogP contribution in [0.3, 0.4) is 0 Å². The van der Waals surface area contributed by atoms with Crippen molar-refractivity contribution in [1.29, 1.82) is 0 Å². The van der Waals surface area contributed by atoms with E-state index in [-0.39, 0.29) is 0 Å². The smallest absolute Gasteiger partial charge is 0.229 e. The summed E-state index contributed by atoms with van der Waals surface area (Å²) in [4.78, 5) is 16.2. The van der Waals surface area contributed by atoms with Crippen molar-refractivity contribution < 1.29 is 26.7 Å². The summed E-state index contributed by atoms with van der Waals surface area (Å²) in [5, 5.41) is 3.19. The number of carbonyl (C=O) groups is 1. The van der Waals surface area contributed by atoms with E-state index in [4.69, 9.17) is 0 Å². The molecule has 0 unspecified atom stereocenters. The predicted octanol–water partition coefficient (Wildman–Crippen LogP) is 4.48. The average molecular weight is 372 g/mol. The molecule has 0 aliphatic heterocycles. The van der Waals surface area contributed by atoms with E-state index in [9.17, 15) is 26.7 Å². The van der Waals surface area contributed by atoms with Gasteiger partial charge in [0.25, 0.3) is 0 Å². The quantitative estimate of drug-likeness (QED) is 0.418. The third-order valence-electron chi connectivity index (χ3n) is 3.42. The van der Waals surface area contributed by atoms with Gasteiger partial charge in [-0.25, -0.2) is 26.9 Å². The highest BCUT2D eigenvalue weighted by atomic mass is 32.1. The van der Waals surface area contributed by atoms with Gasteiger partial charge in [-0.3, -0.25) is 4.79 Å². The number of hydrogen-bond acceptors (Lipinski definition) is 3. The lowest BCUT2D eigenvalue weighted by Gasteiger charge is -2.09. The Labute approximate surface area is 142 Å². The second kappa shape index (κ2) is 6.40. The van der Waals surface area contributed by atoms with Crippen LogP contribution in [0.2, 0.25) is 0 Å². The van der Waals surface area contributed by atoms with Crippen LogP contribution in [0.4, 0.5) is 27.6 Å². The lowest BCUT2D eigenvalue weighted by Crippen LogP contribution is -2.18. The average Bonchev–Trinajstić information content (AvgIpc) is 2.94. The SMILES string of the molecule is Cc1nc2ccc(NC(=O)Cc3c(F)c(F)c(F)c(F)c3F)cc2s1. The lowest BCUT2D eigenvalue weighted by atomic mass is 10.1. The Morgan fingerprint density at radius 1 is 1.04 bits per heavy atom. The number of hydrogen-bond donors (Lipinski definition) is 1. The fraction of sp³-hybridized carbons (Fsp3) is 0.125. The molecule has 3 rings (SSSR count). The van der Waals surface area contributed by atoms with Crippen LogP contribution in [0.1, 0.15) is 10.6 Å². The fourth-order valence-electron chi connectivity index (χ4n) is 2.29. The standard InChI is InChI=1S/C16H9F5N2OS/c1-6-22-9-3-2-7(4-10(9)25-6)23-11(24)5-8-12(17)14(19)16(21)15(20)13(8)18/h2-4H,5H2,1H3,(H,23,24). The highest BCUT2D eigenvalue weighted by Gasteiger charge is 2.26. The Balaban J connectivity index is 1.85. The molecule has 1 heterocycles. The number of anilines is 1. The molecule has 0 fully saturated rings. The fourth-order valence-corrected chi connectivity index (χ4v) is 3.16. The van der Waals surface area contributed by atoms with Crippen LogP contribution in [-0.2, 0) is 11.2 Å². The zero-order valence-corrected chi connectivity index (χ0v) is 13.4. The van der Waals surface area contributed by atoms with Gasteiger partial charge in [-0.1, -0.05) is 0 Å². The summed E-state index contributed by atoms with van der Waals surface area (Å²) in [6.45, 7) is 1.81. The molecular formula is C16H9F5N2OS. The molecule has 0 saturated heterocycles. The Kier molecular flexibility index (Phi) is 4.42. The Hall–Kier alpha value is -2.55. The van der Waals surface area contributed by atoms with E-state index < -0.39 is 47.0 Å². The number of aromatic nitrogens is 1. The Morgan fingerprint density at radius 2 is 1.64 bits per heavy atom. The van der Waals surface area contributed by atoms with Crippen molar-refractivity contribution in [1.82, 2.24) is 4.98 Å². The summed E-state index contributed by atoms with van der Waals surface area (Å²) in [6.07, 6.45) is -0.995. The lowest BCUT2D eigenvalue weighted by molar-refractivity contribution is -0.115. The highest BCUT2D eigenvalue weighted by Crippen LogP contribution is 2.26. The summed E-state index contributed by atoms with van der Waals surface area (Å²) in [5.74, 6) is -11.4. The number of benzene rings is 2. The second-order valence-electron chi connectivity index (χ2n) is 5.19. The summed E-state index contributed by atoms with van der Waals surface area (Å²) >= 11 is 1.38. The maximum atomic E-state index is 13.6. The molecule has 25 heavy (non-hydrogen) atoms. The van der Waals surface area contributed by atoms with Gasteiger partial charge in [0, 0.05) is 11.3 Å². The van der Waals surface area contributed by atoms with Crippen LogP contribution in [0.5, 0.6) is 0 Å². The molecule has 9 heteroatoms. The van der Waals surface area contributed by atoms with Crippen molar-refractivity contribution in [3.05, 3.63) is 57.9 Å². The maximum absolute atomic E-state index is 13.6. The van der Waals surface area contributed by atoms with Crippen LogP contribution in [0, 0.1) is 36.0 Å². The van der Waals surface area contributed by atoms with Gasteiger partial charge in [0.2, 0.25) is 11.7 Å². The van der Waals surface area contributed by atoms with Crippen molar-refractivity contribution in [3.8, 4) is 0 Å². The first-order valence-electron chi connectivity index (χ1n) is 6.95. The van der Waals surface area contributed by atoms with E-state index in [1.807, 2.05) is 6.92 Å². The molecule has 0 saturated carbocycles. The summed E-state index contributed by atoms with van der Waals surface area (Å²) in [6, 6.07) is 4.78. The molecule has 0 atom stereocenters. The molecule has 0 aliphatic carbocycles. The Morgan fingerprint density at radius 3 is 2.28 bits per heavy atom. The van der Waals surface area contributed by atoms with Crippen molar-refractivity contribution in [3.63, 3.8) is 0 Å². The first-order valence-corrected chi connectivity index (χ1v) is 7.77. The van der Waals surface area contributed by atoms with E-state index >= 15 is 0 Å². The summed E-state index contributed by atoms with van der Waals surface area (Å²) in [5.41, 5.74) is -0.131. The molecule has 130 valence electrons. The molecular weight excluding hydrogens is 363 g/mol. The zero-order valence-electron chi connectivity index (χ0n) is 12.6. The topological polar surface area (TPSA) is 42.0 Å². The molecule has 3 nitrogen and oxygen atoms in total. The van der Waals surface area contributed by atoms with Gasteiger partial charge < -0.3 is 5.32 Å². The van der Waals surface area contributed by atoms with Crippen molar-refractivity contribution in [2.24, 2.45) is 0 Å². The number of amides is 1. The molecule has 1 N–H and O–H groups in total. The molecule has 1 amide bonds.